The molecule has 34 heavy (non-hydrogen) atoms. The molecule has 9 heteroatoms. The van der Waals surface area contributed by atoms with E-state index in [4.69, 9.17) is 16.2 Å². The highest BCUT2D eigenvalue weighted by molar-refractivity contribution is 5.93. The second kappa shape index (κ2) is 9.63. The molecule has 0 aliphatic carbocycles. The van der Waals surface area contributed by atoms with E-state index in [9.17, 15) is 14.7 Å². The van der Waals surface area contributed by atoms with Gasteiger partial charge in [-0.25, -0.2) is 4.98 Å². The Kier molecular flexibility index (Phi) is 6.46. The number of carboxylic acids is 1. The van der Waals surface area contributed by atoms with Gasteiger partial charge in [0.15, 0.2) is 0 Å². The van der Waals surface area contributed by atoms with Gasteiger partial charge in [-0.2, -0.15) is 0 Å². The minimum atomic E-state index is -0.889. The van der Waals surface area contributed by atoms with Crippen LogP contribution in [0.25, 0.3) is 22.6 Å². The lowest BCUT2D eigenvalue weighted by Crippen LogP contribution is -2.14. The van der Waals surface area contributed by atoms with Crippen molar-refractivity contribution in [3.63, 3.8) is 0 Å². The fourth-order valence-corrected chi connectivity index (χ4v) is 3.99. The third-order valence-corrected chi connectivity index (χ3v) is 5.65. The number of ether oxygens (including phenoxy) is 1. The quantitative estimate of drug-likeness (QED) is 0.352. The van der Waals surface area contributed by atoms with Crippen molar-refractivity contribution in [2.75, 3.05) is 7.11 Å². The number of carbonyl (C=O) groups is 2. The van der Waals surface area contributed by atoms with Gasteiger partial charge in [-0.05, 0) is 54.4 Å². The molecular formula is C25H25N5O4. The van der Waals surface area contributed by atoms with E-state index in [-0.39, 0.29) is 13.0 Å². The van der Waals surface area contributed by atoms with Crippen molar-refractivity contribution in [3.05, 3.63) is 84.1 Å². The van der Waals surface area contributed by atoms with Gasteiger partial charge in [-0.3, -0.25) is 9.59 Å². The Balaban J connectivity index is 1.90. The number of rotatable bonds is 9. The van der Waals surface area contributed by atoms with Crippen LogP contribution in [0.4, 0.5) is 0 Å². The summed E-state index contributed by atoms with van der Waals surface area (Å²) in [6, 6.07) is 14.7. The Labute approximate surface area is 196 Å². The second-order valence-electron chi connectivity index (χ2n) is 7.71. The third-order valence-electron chi connectivity index (χ3n) is 5.65. The highest BCUT2D eigenvalue weighted by Crippen LogP contribution is 2.36. The first-order valence-electron chi connectivity index (χ1n) is 10.6. The molecule has 2 heterocycles. The number of hydrogen-bond donors (Lipinski definition) is 3. The van der Waals surface area contributed by atoms with E-state index in [1.807, 2.05) is 45.7 Å². The Bertz CT molecular complexity index is 1340. The summed E-state index contributed by atoms with van der Waals surface area (Å²) in [5.41, 5.74) is 16.6. The SMILES string of the molecule is COc1cc(-n2ccnc2)ccc1-c1ccc(CCC(=O)O)n1-c1ccc(C(N)=O)cc1CN. The molecule has 0 unspecified atom stereocenters. The molecule has 2 aromatic heterocycles. The number of nitrogens with zero attached hydrogens (tertiary/aromatic N) is 3. The first-order chi connectivity index (χ1) is 16.4. The van der Waals surface area contributed by atoms with Crippen molar-refractivity contribution in [1.82, 2.24) is 14.1 Å². The van der Waals surface area contributed by atoms with Crippen LogP contribution in [-0.2, 0) is 17.8 Å². The number of aromatic nitrogens is 3. The van der Waals surface area contributed by atoms with Crippen molar-refractivity contribution >= 4 is 11.9 Å². The van der Waals surface area contributed by atoms with Gasteiger partial charge >= 0.3 is 5.97 Å². The number of imidazole rings is 1. The van der Waals surface area contributed by atoms with Crippen LogP contribution in [0.3, 0.4) is 0 Å². The second-order valence-corrected chi connectivity index (χ2v) is 7.71. The summed E-state index contributed by atoms with van der Waals surface area (Å²) in [4.78, 5) is 27.1. The minimum absolute atomic E-state index is 0.0303. The molecule has 4 aromatic rings. The number of benzene rings is 2. The first-order valence-corrected chi connectivity index (χ1v) is 10.6. The predicted molar refractivity (Wildman–Crippen MR) is 127 cm³/mol. The molecule has 4 rings (SSSR count). The van der Waals surface area contributed by atoms with Crippen molar-refractivity contribution in [3.8, 4) is 28.4 Å². The largest absolute Gasteiger partial charge is 0.496 e. The average molecular weight is 460 g/mol. The number of primary amides is 1. The van der Waals surface area contributed by atoms with Crippen LogP contribution in [0.2, 0.25) is 0 Å². The van der Waals surface area contributed by atoms with Crippen LogP contribution in [0.5, 0.6) is 5.75 Å². The average Bonchev–Trinajstić information content (AvgIpc) is 3.52. The molecule has 0 aliphatic heterocycles. The highest BCUT2D eigenvalue weighted by atomic mass is 16.5. The summed E-state index contributed by atoms with van der Waals surface area (Å²) in [6.07, 6.45) is 5.53. The number of hydrogen-bond acceptors (Lipinski definition) is 5. The first kappa shape index (κ1) is 22.8. The van der Waals surface area contributed by atoms with Gasteiger partial charge < -0.3 is 30.4 Å². The molecule has 2 aromatic carbocycles. The van der Waals surface area contributed by atoms with Crippen molar-refractivity contribution in [2.45, 2.75) is 19.4 Å². The fraction of sp³-hybridized carbons (Fsp3) is 0.160. The fourth-order valence-electron chi connectivity index (χ4n) is 3.99. The number of carboxylic acid groups (broad SMARTS) is 1. The van der Waals surface area contributed by atoms with E-state index in [2.05, 4.69) is 4.98 Å². The highest BCUT2D eigenvalue weighted by Gasteiger charge is 2.19. The minimum Gasteiger partial charge on any atom is -0.496 e. The summed E-state index contributed by atoms with van der Waals surface area (Å²) in [5.74, 6) is -0.796. The van der Waals surface area contributed by atoms with Crippen LogP contribution in [0, 0.1) is 0 Å². The molecule has 0 saturated carbocycles. The summed E-state index contributed by atoms with van der Waals surface area (Å²) in [5, 5.41) is 9.25. The van der Waals surface area contributed by atoms with E-state index in [0.717, 1.165) is 28.3 Å². The monoisotopic (exact) mass is 459 g/mol. The molecule has 9 nitrogen and oxygen atoms in total. The van der Waals surface area contributed by atoms with E-state index < -0.39 is 11.9 Å². The van der Waals surface area contributed by atoms with Gasteiger partial charge in [-0.15, -0.1) is 0 Å². The summed E-state index contributed by atoms with van der Waals surface area (Å²) >= 11 is 0. The van der Waals surface area contributed by atoms with Gasteiger partial charge in [0.25, 0.3) is 0 Å². The summed E-state index contributed by atoms with van der Waals surface area (Å²) in [7, 11) is 1.60. The maximum Gasteiger partial charge on any atom is 0.303 e. The maximum absolute atomic E-state index is 11.7. The normalized spacial score (nSPS) is 10.9. The number of aliphatic carboxylic acids is 1. The molecule has 0 radical (unpaired) electrons. The molecule has 0 aliphatic rings. The molecular weight excluding hydrogens is 434 g/mol. The van der Waals surface area contributed by atoms with Gasteiger partial charge in [0.1, 0.15) is 5.75 Å². The van der Waals surface area contributed by atoms with Crippen LogP contribution in [-0.4, -0.2) is 38.2 Å². The van der Waals surface area contributed by atoms with Gasteiger partial charge in [0.05, 0.1) is 36.9 Å². The number of amides is 1. The molecule has 0 saturated heterocycles. The maximum atomic E-state index is 11.7. The lowest BCUT2D eigenvalue weighted by atomic mass is 10.1. The molecule has 0 bridgehead atoms. The topological polar surface area (TPSA) is 138 Å². The van der Waals surface area contributed by atoms with Gasteiger partial charge in [-0.1, -0.05) is 0 Å². The lowest BCUT2D eigenvalue weighted by molar-refractivity contribution is -0.136. The standard InChI is InChI=1S/C25H25N5O4/c1-34-23-13-19(29-11-10-28-15-29)3-6-20(23)22-8-4-18(5-9-24(31)32)30(22)21-7-2-16(25(27)33)12-17(21)14-26/h2-4,6-8,10-13,15H,5,9,14,26H2,1H3,(H2,27,33)(H,31,32). The molecule has 1 amide bonds. The Morgan fingerprint density at radius 3 is 2.59 bits per heavy atom. The van der Waals surface area contributed by atoms with Gasteiger partial charge in [0, 0.05) is 41.8 Å². The Morgan fingerprint density at radius 1 is 1.12 bits per heavy atom. The third kappa shape index (κ3) is 4.41. The zero-order valence-corrected chi connectivity index (χ0v) is 18.6. The number of carbonyl (C=O) groups excluding carboxylic acids is 1. The summed E-state index contributed by atoms with van der Waals surface area (Å²) in [6.45, 7) is 0.170. The van der Waals surface area contributed by atoms with Crippen molar-refractivity contribution in [2.24, 2.45) is 11.5 Å². The van der Waals surface area contributed by atoms with Crippen LogP contribution < -0.4 is 16.2 Å². The smallest absolute Gasteiger partial charge is 0.303 e. The van der Waals surface area contributed by atoms with Crippen LogP contribution >= 0.6 is 0 Å². The van der Waals surface area contributed by atoms with E-state index in [1.165, 1.54) is 0 Å². The van der Waals surface area contributed by atoms with Crippen LogP contribution in [0.15, 0.2) is 67.3 Å². The lowest BCUT2D eigenvalue weighted by Gasteiger charge is -2.19. The van der Waals surface area contributed by atoms with E-state index >= 15 is 0 Å². The van der Waals surface area contributed by atoms with Crippen molar-refractivity contribution < 1.29 is 19.4 Å². The van der Waals surface area contributed by atoms with Crippen LogP contribution in [0.1, 0.15) is 28.0 Å². The molecule has 0 spiro atoms. The predicted octanol–water partition coefficient (Wildman–Crippen LogP) is 2.91. The molecule has 0 atom stereocenters. The Morgan fingerprint density at radius 2 is 1.94 bits per heavy atom. The number of methoxy groups -OCH3 is 1. The summed E-state index contributed by atoms with van der Waals surface area (Å²) < 4.78 is 9.55. The number of nitrogens with two attached hydrogens (primary N) is 2. The Hall–Kier alpha value is -4.37. The van der Waals surface area contributed by atoms with Gasteiger partial charge in [0.2, 0.25) is 5.91 Å². The molecule has 0 fully saturated rings. The molecule has 5 N–H and O–H groups in total. The zero-order valence-electron chi connectivity index (χ0n) is 18.6. The number of aryl methyl sites for hydroxylation is 1. The van der Waals surface area contributed by atoms with E-state index in [1.54, 1.807) is 37.8 Å². The van der Waals surface area contributed by atoms with Crippen molar-refractivity contribution in [1.29, 1.82) is 0 Å². The molecule has 174 valence electrons. The van der Waals surface area contributed by atoms with E-state index in [0.29, 0.717) is 23.3 Å². The zero-order chi connectivity index (χ0) is 24.2.